The van der Waals surface area contributed by atoms with E-state index in [9.17, 15) is 0 Å². The van der Waals surface area contributed by atoms with Crippen LogP contribution in [0.15, 0.2) is 57.4 Å². The van der Waals surface area contributed by atoms with Crippen LogP contribution in [-0.4, -0.2) is 24.0 Å². The Hall–Kier alpha value is -2.60. The number of hydrogen-bond acceptors (Lipinski definition) is 4. The second-order valence-electron chi connectivity index (χ2n) is 5.94. The van der Waals surface area contributed by atoms with E-state index in [0.29, 0.717) is 12.4 Å². The van der Waals surface area contributed by atoms with E-state index in [1.165, 1.54) is 10.4 Å². The molecule has 0 radical (unpaired) electrons. The Morgan fingerprint density at radius 1 is 1.19 bits per heavy atom. The van der Waals surface area contributed by atoms with E-state index in [2.05, 4.69) is 64.1 Å². The second kappa shape index (κ2) is 9.20. The number of nitrogens with one attached hydrogen (secondary N) is 2. The maximum atomic E-state index is 5.83. The average Bonchev–Trinajstić information content (AvgIpc) is 3.32. The molecule has 0 aliphatic rings. The van der Waals surface area contributed by atoms with Crippen LogP contribution in [0.2, 0.25) is 0 Å². The number of benzene rings is 1. The van der Waals surface area contributed by atoms with Gasteiger partial charge < -0.3 is 15.1 Å². The highest BCUT2D eigenvalue weighted by atomic mass is 32.1. The van der Waals surface area contributed by atoms with Crippen molar-refractivity contribution in [3.8, 4) is 11.3 Å². The van der Waals surface area contributed by atoms with E-state index in [4.69, 9.17) is 4.42 Å². The van der Waals surface area contributed by atoms with Gasteiger partial charge >= 0.3 is 0 Å². The predicted molar refractivity (Wildman–Crippen MR) is 108 cm³/mol. The van der Waals surface area contributed by atoms with Crippen molar-refractivity contribution in [2.75, 3.05) is 13.1 Å². The van der Waals surface area contributed by atoms with Crippen LogP contribution in [0.4, 0.5) is 0 Å². The molecule has 0 bridgehead atoms. The first-order valence-electron chi connectivity index (χ1n) is 8.81. The number of hydrogen-bond donors (Lipinski definition) is 2. The summed E-state index contributed by atoms with van der Waals surface area (Å²) in [4.78, 5) is 10.3. The summed E-state index contributed by atoms with van der Waals surface area (Å²) >= 11 is 1.77. The quantitative estimate of drug-likeness (QED) is 0.489. The number of oxazole rings is 1. The molecule has 0 saturated heterocycles. The first-order chi connectivity index (χ1) is 12.7. The summed E-state index contributed by atoms with van der Waals surface area (Å²) in [6.45, 7) is 6.17. The van der Waals surface area contributed by atoms with Gasteiger partial charge in [-0.25, -0.2) is 9.98 Å². The standard InChI is InChI=1S/C20H24N4OS/c1-3-21-20(22-11-10-17-5-4-12-26-17)24-14-19-23-13-18(25-19)16-8-6-15(2)7-9-16/h4-9,12-13H,3,10-11,14H2,1-2H3,(H2,21,22,24). The third-order valence-corrected chi connectivity index (χ3v) is 4.79. The monoisotopic (exact) mass is 368 g/mol. The number of aromatic nitrogens is 1. The van der Waals surface area contributed by atoms with Crippen molar-refractivity contribution in [3.63, 3.8) is 0 Å². The van der Waals surface area contributed by atoms with Gasteiger partial charge in [-0.2, -0.15) is 0 Å². The van der Waals surface area contributed by atoms with Crippen LogP contribution in [0.25, 0.3) is 11.3 Å². The Morgan fingerprint density at radius 3 is 2.77 bits per heavy atom. The van der Waals surface area contributed by atoms with Crippen LogP contribution in [0, 0.1) is 6.92 Å². The number of rotatable bonds is 7. The topological polar surface area (TPSA) is 62.5 Å². The van der Waals surface area contributed by atoms with Gasteiger partial charge in [-0.05, 0) is 31.7 Å². The number of thiophene rings is 1. The fraction of sp³-hybridized carbons (Fsp3) is 0.300. The van der Waals surface area contributed by atoms with Gasteiger partial charge in [0.15, 0.2) is 11.7 Å². The molecule has 0 saturated carbocycles. The molecule has 3 aromatic rings. The zero-order valence-corrected chi connectivity index (χ0v) is 16.0. The van der Waals surface area contributed by atoms with Crippen LogP contribution in [0.5, 0.6) is 0 Å². The molecule has 0 aliphatic heterocycles. The average molecular weight is 369 g/mol. The molecule has 1 aromatic carbocycles. The maximum Gasteiger partial charge on any atom is 0.216 e. The molecule has 0 aliphatic carbocycles. The number of nitrogens with zero attached hydrogens (tertiary/aromatic N) is 2. The fourth-order valence-corrected chi connectivity index (χ4v) is 3.19. The molecule has 6 heteroatoms. The molecule has 0 fully saturated rings. The van der Waals surface area contributed by atoms with E-state index in [1.807, 2.05) is 12.1 Å². The first kappa shape index (κ1) is 18.2. The highest BCUT2D eigenvalue weighted by Gasteiger charge is 2.06. The zero-order valence-electron chi connectivity index (χ0n) is 15.2. The molecule has 2 aromatic heterocycles. The van der Waals surface area contributed by atoms with Gasteiger partial charge in [0.1, 0.15) is 6.54 Å². The van der Waals surface area contributed by atoms with Gasteiger partial charge in [0.05, 0.1) is 6.20 Å². The summed E-state index contributed by atoms with van der Waals surface area (Å²) in [6, 6.07) is 12.4. The van der Waals surface area contributed by atoms with Gasteiger partial charge in [0, 0.05) is 23.5 Å². The largest absolute Gasteiger partial charge is 0.439 e. The SMILES string of the molecule is CCNC(=NCc1ncc(-c2ccc(C)cc2)o1)NCCc1cccs1. The van der Waals surface area contributed by atoms with Gasteiger partial charge in [-0.3, -0.25) is 0 Å². The van der Waals surface area contributed by atoms with Crippen LogP contribution in [-0.2, 0) is 13.0 Å². The minimum absolute atomic E-state index is 0.403. The van der Waals surface area contributed by atoms with Crippen molar-refractivity contribution in [3.05, 3.63) is 64.3 Å². The van der Waals surface area contributed by atoms with Gasteiger partial charge in [0.2, 0.25) is 5.89 Å². The first-order valence-corrected chi connectivity index (χ1v) is 9.69. The van der Waals surface area contributed by atoms with Gasteiger partial charge in [-0.1, -0.05) is 35.9 Å². The van der Waals surface area contributed by atoms with E-state index >= 15 is 0 Å². The molecular weight excluding hydrogens is 344 g/mol. The molecule has 0 spiro atoms. The van der Waals surface area contributed by atoms with Crippen LogP contribution >= 0.6 is 11.3 Å². The third kappa shape index (κ3) is 5.20. The zero-order chi connectivity index (χ0) is 18.2. The van der Waals surface area contributed by atoms with Gasteiger partial charge in [-0.15, -0.1) is 11.3 Å². The molecule has 5 nitrogen and oxygen atoms in total. The normalized spacial score (nSPS) is 11.5. The summed E-state index contributed by atoms with van der Waals surface area (Å²) < 4.78 is 5.83. The minimum Gasteiger partial charge on any atom is -0.439 e. The molecule has 0 atom stereocenters. The highest BCUT2D eigenvalue weighted by Crippen LogP contribution is 2.21. The number of aliphatic imine (C=N–C) groups is 1. The van der Waals surface area contributed by atoms with E-state index in [0.717, 1.165) is 36.8 Å². The van der Waals surface area contributed by atoms with Crippen molar-refractivity contribution in [2.45, 2.75) is 26.8 Å². The molecule has 2 heterocycles. The Kier molecular flexibility index (Phi) is 6.44. The Balaban J connectivity index is 1.57. The predicted octanol–water partition coefficient (Wildman–Crippen LogP) is 4.01. The minimum atomic E-state index is 0.403. The lowest BCUT2D eigenvalue weighted by atomic mass is 10.1. The second-order valence-corrected chi connectivity index (χ2v) is 6.97. The van der Waals surface area contributed by atoms with E-state index < -0.39 is 0 Å². The summed E-state index contributed by atoms with van der Waals surface area (Å²) in [5.41, 5.74) is 2.25. The Morgan fingerprint density at radius 2 is 2.04 bits per heavy atom. The molecule has 3 rings (SSSR count). The van der Waals surface area contributed by atoms with E-state index in [-0.39, 0.29) is 0 Å². The molecular formula is C20H24N4OS. The molecule has 0 amide bonds. The van der Waals surface area contributed by atoms with Crippen LogP contribution in [0.3, 0.4) is 0 Å². The third-order valence-electron chi connectivity index (χ3n) is 3.85. The lowest BCUT2D eigenvalue weighted by Gasteiger charge is -2.10. The summed E-state index contributed by atoms with van der Waals surface area (Å²) in [5.74, 6) is 2.15. The maximum absolute atomic E-state index is 5.83. The van der Waals surface area contributed by atoms with Crippen molar-refractivity contribution in [1.29, 1.82) is 0 Å². The molecule has 2 N–H and O–H groups in total. The summed E-state index contributed by atoms with van der Waals surface area (Å²) in [7, 11) is 0. The molecule has 26 heavy (non-hydrogen) atoms. The van der Waals surface area contributed by atoms with Crippen molar-refractivity contribution in [2.24, 2.45) is 4.99 Å². The number of guanidine groups is 1. The van der Waals surface area contributed by atoms with Gasteiger partial charge in [0.25, 0.3) is 0 Å². The fourth-order valence-electron chi connectivity index (χ4n) is 2.48. The summed E-state index contributed by atoms with van der Waals surface area (Å²) in [6.07, 6.45) is 2.74. The van der Waals surface area contributed by atoms with E-state index in [1.54, 1.807) is 17.5 Å². The summed E-state index contributed by atoms with van der Waals surface area (Å²) in [5, 5.41) is 8.70. The Bertz CT molecular complexity index is 822. The molecule has 0 unspecified atom stereocenters. The lowest BCUT2D eigenvalue weighted by molar-refractivity contribution is 0.509. The Labute approximate surface area is 158 Å². The highest BCUT2D eigenvalue weighted by molar-refractivity contribution is 7.09. The van der Waals surface area contributed by atoms with Crippen LogP contribution in [0.1, 0.15) is 23.3 Å². The van der Waals surface area contributed by atoms with Crippen molar-refractivity contribution >= 4 is 17.3 Å². The van der Waals surface area contributed by atoms with Crippen molar-refractivity contribution in [1.82, 2.24) is 15.6 Å². The molecule has 136 valence electrons. The number of aryl methyl sites for hydroxylation is 1. The smallest absolute Gasteiger partial charge is 0.216 e. The van der Waals surface area contributed by atoms with Crippen molar-refractivity contribution < 1.29 is 4.42 Å². The van der Waals surface area contributed by atoms with Crippen LogP contribution < -0.4 is 10.6 Å². The lowest BCUT2D eigenvalue weighted by Crippen LogP contribution is -2.38.